The average Bonchev–Trinajstić information content (AvgIpc) is 3.07. The van der Waals surface area contributed by atoms with Gasteiger partial charge in [0.1, 0.15) is 29.6 Å². The highest BCUT2D eigenvalue weighted by atomic mass is 35.5. The SMILES string of the molecule is COc1ccc(OC)c(/C=C2\Oc3cc(OCc4ccccc4Cl)ccc3C2=O)c1. The molecule has 0 amide bonds. The second kappa shape index (κ2) is 8.51. The van der Waals surface area contributed by atoms with Gasteiger partial charge < -0.3 is 18.9 Å². The number of ether oxygens (including phenoxy) is 4. The Morgan fingerprint density at radius 2 is 1.77 bits per heavy atom. The number of carbonyl (C=O) groups excluding carboxylic acids is 1. The number of ketones is 1. The van der Waals surface area contributed by atoms with Crippen LogP contribution >= 0.6 is 11.6 Å². The Morgan fingerprint density at radius 3 is 2.53 bits per heavy atom. The second-order valence-electron chi connectivity index (χ2n) is 6.59. The third kappa shape index (κ3) is 3.98. The third-order valence-electron chi connectivity index (χ3n) is 4.72. The number of Topliss-reactive ketones (excluding diaryl/α,β-unsaturated/α-hetero) is 1. The molecule has 0 fully saturated rings. The van der Waals surface area contributed by atoms with Crippen molar-refractivity contribution in [3.63, 3.8) is 0 Å². The minimum atomic E-state index is -0.201. The number of fused-ring (bicyclic) bond motifs is 1. The van der Waals surface area contributed by atoms with E-state index in [2.05, 4.69) is 0 Å². The average molecular weight is 423 g/mol. The fourth-order valence-electron chi connectivity index (χ4n) is 3.13. The fourth-order valence-corrected chi connectivity index (χ4v) is 3.32. The molecular weight excluding hydrogens is 404 g/mol. The number of methoxy groups -OCH3 is 2. The fraction of sp³-hybridized carbons (Fsp3) is 0.125. The highest BCUT2D eigenvalue weighted by molar-refractivity contribution is 6.31. The zero-order valence-electron chi connectivity index (χ0n) is 16.5. The largest absolute Gasteiger partial charge is 0.497 e. The second-order valence-corrected chi connectivity index (χ2v) is 6.99. The van der Waals surface area contributed by atoms with Crippen LogP contribution in [-0.4, -0.2) is 20.0 Å². The number of rotatable bonds is 6. The number of allylic oxidation sites excluding steroid dienone is 1. The summed E-state index contributed by atoms with van der Waals surface area (Å²) in [7, 11) is 3.15. The number of hydrogen-bond donors (Lipinski definition) is 0. The van der Waals surface area contributed by atoms with E-state index in [1.165, 1.54) is 0 Å². The summed E-state index contributed by atoms with van der Waals surface area (Å²) >= 11 is 6.17. The summed E-state index contributed by atoms with van der Waals surface area (Å²) in [6.07, 6.45) is 1.65. The molecule has 6 heteroatoms. The van der Waals surface area contributed by atoms with Crippen molar-refractivity contribution in [3.8, 4) is 23.0 Å². The first-order valence-corrected chi connectivity index (χ1v) is 9.63. The molecule has 0 saturated heterocycles. The van der Waals surface area contributed by atoms with Crippen LogP contribution < -0.4 is 18.9 Å². The van der Waals surface area contributed by atoms with Crippen molar-refractivity contribution in [2.24, 2.45) is 0 Å². The van der Waals surface area contributed by atoms with E-state index in [0.29, 0.717) is 45.8 Å². The predicted molar refractivity (Wildman–Crippen MR) is 115 cm³/mol. The van der Waals surface area contributed by atoms with E-state index < -0.39 is 0 Å². The summed E-state index contributed by atoms with van der Waals surface area (Å²) in [5.41, 5.74) is 2.04. The zero-order chi connectivity index (χ0) is 21.1. The molecule has 0 aliphatic carbocycles. The molecule has 152 valence electrons. The number of hydrogen-bond acceptors (Lipinski definition) is 5. The molecule has 1 aliphatic heterocycles. The molecule has 30 heavy (non-hydrogen) atoms. The lowest BCUT2D eigenvalue weighted by Crippen LogP contribution is -1.99. The summed E-state index contributed by atoms with van der Waals surface area (Å²) in [6.45, 7) is 0.316. The molecule has 3 aromatic carbocycles. The monoisotopic (exact) mass is 422 g/mol. The predicted octanol–water partition coefficient (Wildman–Crippen LogP) is 5.55. The van der Waals surface area contributed by atoms with Crippen molar-refractivity contribution in [1.29, 1.82) is 0 Å². The van der Waals surface area contributed by atoms with Gasteiger partial charge in [-0.05, 0) is 42.5 Å². The summed E-state index contributed by atoms with van der Waals surface area (Å²) in [6, 6.07) is 18.0. The molecule has 0 spiro atoms. The number of benzene rings is 3. The van der Waals surface area contributed by atoms with Gasteiger partial charge in [-0.25, -0.2) is 0 Å². The van der Waals surface area contributed by atoms with Crippen LogP contribution in [0.2, 0.25) is 5.02 Å². The van der Waals surface area contributed by atoms with Gasteiger partial charge in [-0.1, -0.05) is 29.8 Å². The summed E-state index contributed by atoms with van der Waals surface area (Å²) in [4.78, 5) is 12.8. The van der Waals surface area contributed by atoms with Crippen LogP contribution in [0.4, 0.5) is 0 Å². The molecule has 0 aromatic heterocycles. The Morgan fingerprint density at radius 1 is 0.967 bits per heavy atom. The Bertz CT molecular complexity index is 1140. The van der Waals surface area contributed by atoms with Gasteiger partial charge in [-0.15, -0.1) is 0 Å². The van der Waals surface area contributed by atoms with Gasteiger partial charge in [0.05, 0.1) is 19.8 Å². The van der Waals surface area contributed by atoms with Gasteiger partial charge in [-0.2, -0.15) is 0 Å². The van der Waals surface area contributed by atoms with E-state index in [4.69, 9.17) is 30.5 Å². The lowest BCUT2D eigenvalue weighted by molar-refractivity contribution is 0.101. The first-order chi connectivity index (χ1) is 14.6. The lowest BCUT2D eigenvalue weighted by atomic mass is 10.1. The molecule has 0 saturated carbocycles. The molecule has 1 aliphatic rings. The van der Waals surface area contributed by atoms with Crippen molar-refractivity contribution >= 4 is 23.5 Å². The van der Waals surface area contributed by atoms with Crippen molar-refractivity contribution < 1.29 is 23.7 Å². The van der Waals surface area contributed by atoms with Gasteiger partial charge in [0, 0.05) is 22.2 Å². The van der Waals surface area contributed by atoms with E-state index in [0.717, 1.165) is 5.56 Å². The normalized spacial score (nSPS) is 13.7. The number of carbonyl (C=O) groups is 1. The standard InChI is InChI=1S/C24H19ClO5/c1-27-17-8-10-21(28-2)16(11-17)12-23-24(26)19-9-7-18(13-22(19)30-23)29-14-15-5-3-4-6-20(15)25/h3-13H,14H2,1-2H3/b23-12-. The molecule has 0 unspecified atom stereocenters. The van der Waals surface area contributed by atoms with Gasteiger partial charge in [0.2, 0.25) is 5.78 Å². The van der Waals surface area contributed by atoms with E-state index in [9.17, 15) is 4.79 Å². The Hall–Kier alpha value is -3.44. The first-order valence-electron chi connectivity index (χ1n) is 9.25. The third-order valence-corrected chi connectivity index (χ3v) is 5.09. The van der Waals surface area contributed by atoms with Crippen molar-refractivity contribution in [3.05, 3.63) is 88.1 Å². The van der Waals surface area contributed by atoms with Crippen LogP contribution in [0.25, 0.3) is 6.08 Å². The lowest BCUT2D eigenvalue weighted by Gasteiger charge is -2.09. The summed E-state index contributed by atoms with van der Waals surface area (Å²) < 4.78 is 22.3. The highest BCUT2D eigenvalue weighted by Crippen LogP contribution is 2.36. The van der Waals surface area contributed by atoms with Crippen LogP contribution in [0.3, 0.4) is 0 Å². The molecule has 0 radical (unpaired) electrons. The minimum Gasteiger partial charge on any atom is -0.497 e. The van der Waals surface area contributed by atoms with Crippen molar-refractivity contribution in [2.45, 2.75) is 6.61 Å². The maximum absolute atomic E-state index is 12.8. The van der Waals surface area contributed by atoms with Crippen LogP contribution in [0, 0.1) is 0 Å². The summed E-state index contributed by atoms with van der Waals surface area (Å²) in [5, 5.41) is 0.641. The van der Waals surface area contributed by atoms with Crippen LogP contribution in [0.1, 0.15) is 21.5 Å². The molecular formula is C24H19ClO5. The first kappa shape index (κ1) is 19.9. The molecule has 5 nitrogen and oxygen atoms in total. The van der Waals surface area contributed by atoms with E-state index in [1.807, 2.05) is 24.3 Å². The zero-order valence-corrected chi connectivity index (χ0v) is 17.2. The molecule has 4 rings (SSSR count). The van der Waals surface area contributed by atoms with Crippen LogP contribution in [0.15, 0.2) is 66.4 Å². The van der Waals surface area contributed by atoms with Gasteiger partial charge in [0.15, 0.2) is 5.76 Å². The maximum atomic E-state index is 12.8. The maximum Gasteiger partial charge on any atom is 0.231 e. The minimum absolute atomic E-state index is 0.201. The Kier molecular flexibility index (Phi) is 5.63. The number of halogens is 1. The van der Waals surface area contributed by atoms with Gasteiger partial charge in [-0.3, -0.25) is 4.79 Å². The highest BCUT2D eigenvalue weighted by Gasteiger charge is 2.28. The Labute approximate surface area is 179 Å². The van der Waals surface area contributed by atoms with E-state index in [1.54, 1.807) is 56.7 Å². The topological polar surface area (TPSA) is 54.0 Å². The Balaban J connectivity index is 1.56. The van der Waals surface area contributed by atoms with Crippen LogP contribution in [-0.2, 0) is 6.61 Å². The van der Waals surface area contributed by atoms with E-state index in [-0.39, 0.29) is 11.5 Å². The molecule has 0 bridgehead atoms. The van der Waals surface area contributed by atoms with Crippen molar-refractivity contribution in [2.75, 3.05) is 14.2 Å². The van der Waals surface area contributed by atoms with Gasteiger partial charge >= 0.3 is 0 Å². The molecule has 1 heterocycles. The smallest absolute Gasteiger partial charge is 0.231 e. The van der Waals surface area contributed by atoms with Gasteiger partial charge in [0.25, 0.3) is 0 Å². The summed E-state index contributed by atoms with van der Waals surface area (Å²) in [5.74, 6) is 2.30. The quantitative estimate of drug-likeness (QED) is 0.487. The molecule has 3 aromatic rings. The van der Waals surface area contributed by atoms with E-state index >= 15 is 0 Å². The van der Waals surface area contributed by atoms with Crippen LogP contribution in [0.5, 0.6) is 23.0 Å². The molecule has 0 atom stereocenters. The molecule has 0 N–H and O–H groups in total. The van der Waals surface area contributed by atoms with Crippen molar-refractivity contribution in [1.82, 2.24) is 0 Å².